The second-order valence-electron chi connectivity index (χ2n) is 7.87. The molecule has 0 aliphatic carbocycles. The van der Waals surface area contributed by atoms with Gasteiger partial charge in [0.25, 0.3) is 0 Å². The van der Waals surface area contributed by atoms with Gasteiger partial charge in [-0.3, -0.25) is 9.30 Å². The number of benzene rings is 1. The molecular weight excluding hydrogens is 380 g/mol. The highest BCUT2D eigenvalue weighted by atomic mass is 19.1. The van der Waals surface area contributed by atoms with E-state index in [1.165, 1.54) is 23.1 Å². The van der Waals surface area contributed by atoms with Crippen molar-refractivity contribution >= 4 is 17.6 Å². The summed E-state index contributed by atoms with van der Waals surface area (Å²) in [5.74, 6) is -0.691. The van der Waals surface area contributed by atoms with Crippen molar-refractivity contribution in [3.63, 3.8) is 0 Å². The Kier molecular flexibility index (Phi) is 5.21. The Hall–Kier alpha value is -3.16. The summed E-state index contributed by atoms with van der Waals surface area (Å²) < 4.78 is 35.2. The van der Waals surface area contributed by atoms with Crippen LogP contribution in [0.3, 0.4) is 0 Å². The van der Waals surface area contributed by atoms with E-state index in [-0.39, 0.29) is 12.2 Å². The standard InChI is InChI=1S/C21H23F2N3O3/c1-12-9-17(29-11-14-15(22)7-6-8-16(14)23)18-24-13(2)19(25(18)10-12)26(20(27)28)21(3,4)5/h6-10H,11H2,1-5H3,(H,27,28). The Labute approximate surface area is 167 Å². The monoisotopic (exact) mass is 403 g/mol. The summed E-state index contributed by atoms with van der Waals surface area (Å²) in [5, 5.41) is 9.79. The number of aromatic nitrogens is 2. The summed E-state index contributed by atoms with van der Waals surface area (Å²) in [4.78, 5) is 17.7. The van der Waals surface area contributed by atoms with E-state index in [4.69, 9.17) is 4.74 Å². The molecule has 0 fully saturated rings. The van der Waals surface area contributed by atoms with Crippen molar-refractivity contribution in [3.8, 4) is 5.75 Å². The summed E-state index contributed by atoms with van der Waals surface area (Å²) in [6, 6.07) is 5.32. The Morgan fingerprint density at radius 1 is 1.24 bits per heavy atom. The lowest BCUT2D eigenvalue weighted by Crippen LogP contribution is -2.46. The predicted octanol–water partition coefficient (Wildman–Crippen LogP) is 5.09. The first-order chi connectivity index (χ1) is 13.5. The molecule has 154 valence electrons. The van der Waals surface area contributed by atoms with Crippen LogP contribution in [0.5, 0.6) is 5.75 Å². The van der Waals surface area contributed by atoms with Gasteiger partial charge in [-0.05, 0) is 58.4 Å². The number of imidazole rings is 1. The molecule has 6 nitrogen and oxygen atoms in total. The number of carbonyl (C=O) groups is 1. The quantitative estimate of drug-likeness (QED) is 0.659. The average molecular weight is 403 g/mol. The lowest BCUT2D eigenvalue weighted by atomic mass is 10.1. The third kappa shape index (κ3) is 3.87. The van der Waals surface area contributed by atoms with E-state index in [1.807, 2.05) is 6.92 Å². The van der Waals surface area contributed by atoms with Crippen molar-refractivity contribution in [2.24, 2.45) is 0 Å². The van der Waals surface area contributed by atoms with E-state index in [0.717, 1.165) is 5.56 Å². The van der Waals surface area contributed by atoms with Crippen LogP contribution in [0.15, 0.2) is 30.5 Å². The number of anilines is 1. The summed E-state index contributed by atoms with van der Waals surface area (Å²) in [7, 11) is 0. The average Bonchev–Trinajstić information content (AvgIpc) is 2.89. The van der Waals surface area contributed by atoms with Gasteiger partial charge in [-0.1, -0.05) is 6.07 Å². The molecule has 29 heavy (non-hydrogen) atoms. The Morgan fingerprint density at radius 2 is 1.86 bits per heavy atom. The van der Waals surface area contributed by atoms with Crippen molar-refractivity contribution in [3.05, 3.63) is 58.9 Å². The number of fused-ring (bicyclic) bond motifs is 1. The molecular formula is C21H23F2N3O3. The number of halogens is 2. The largest absolute Gasteiger partial charge is 0.485 e. The molecule has 1 N–H and O–H groups in total. The van der Waals surface area contributed by atoms with Gasteiger partial charge >= 0.3 is 6.09 Å². The van der Waals surface area contributed by atoms with Crippen molar-refractivity contribution in [1.82, 2.24) is 9.38 Å². The lowest BCUT2D eigenvalue weighted by molar-refractivity contribution is 0.195. The number of ether oxygens (including phenoxy) is 1. The van der Waals surface area contributed by atoms with E-state index in [1.54, 1.807) is 44.4 Å². The van der Waals surface area contributed by atoms with Crippen molar-refractivity contribution in [2.45, 2.75) is 46.8 Å². The van der Waals surface area contributed by atoms with Gasteiger partial charge in [-0.2, -0.15) is 0 Å². The molecule has 0 aliphatic heterocycles. The molecule has 8 heteroatoms. The van der Waals surface area contributed by atoms with Crippen LogP contribution in [0.25, 0.3) is 5.65 Å². The predicted molar refractivity (Wildman–Crippen MR) is 106 cm³/mol. The Morgan fingerprint density at radius 3 is 2.41 bits per heavy atom. The maximum absolute atomic E-state index is 13.9. The highest BCUT2D eigenvalue weighted by molar-refractivity contribution is 5.88. The van der Waals surface area contributed by atoms with Crippen LogP contribution >= 0.6 is 0 Å². The molecule has 3 aromatic rings. The van der Waals surface area contributed by atoms with E-state index >= 15 is 0 Å². The SMILES string of the molecule is Cc1cc(OCc2c(F)cccc2F)c2nc(C)c(N(C(=O)O)C(C)(C)C)n2c1. The zero-order valence-corrected chi connectivity index (χ0v) is 17.0. The third-order valence-corrected chi connectivity index (χ3v) is 4.47. The molecule has 2 aromatic heterocycles. The van der Waals surface area contributed by atoms with Crippen molar-refractivity contribution in [1.29, 1.82) is 0 Å². The molecule has 0 spiro atoms. The number of rotatable bonds is 4. The molecule has 0 aliphatic rings. The minimum absolute atomic E-state index is 0.183. The van der Waals surface area contributed by atoms with E-state index in [2.05, 4.69) is 4.98 Å². The number of hydrogen-bond acceptors (Lipinski definition) is 3. The highest BCUT2D eigenvalue weighted by Crippen LogP contribution is 2.33. The number of carboxylic acid groups (broad SMARTS) is 1. The van der Waals surface area contributed by atoms with E-state index < -0.39 is 23.3 Å². The van der Waals surface area contributed by atoms with Gasteiger partial charge in [0.05, 0.1) is 11.3 Å². The van der Waals surface area contributed by atoms with E-state index in [9.17, 15) is 18.7 Å². The first-order valence-electron chi connectivity index (χ1n) is 9.09. The van der Waals surface area contributed by atoms with Crippen LogP contribution in [0.4, 0.5) is 19.4 Å². The first-order valence-corrected chi connectivity index (χ1v) is 9.09. The van der Waals surface area contributed by atoms with Gasteiger partial charge in [0, 0.05) is 11.7 Å². The Bertz CT molecular complexity index is 1070. The van der Waals surface area contributed by atoms with Gasteiger partial charge in [0.1, 0.15) is 24.1 Å². The van der Waals surface area contributed by atoms with Crippen molar-refractivity contribution in [2.75, 3.05) is 4.90 Å². The van der Waals surface area contributed by atoms with Crippen molar-refractivity contribution < 1.29 is 23.4 Å². The fourth-order valence-electron chi connectivity index (χ4n) is 3.24. The summed E-state index contributed by atoms with van der Waals surface area (Å²) in [5.41, 5.74) is 0.746. The smallest absolute Gasteiger partial charge is 0.413 e. The highest BCUT2D eigenvalue weighted by Gasteiger charge is 2.32. The Balaban J connectivity index is 2.10. The fraction of sp³-hybridized carbons (Fsp3) is 0.333. The minimum Gasteiger partial charge on any atom is -0.485 e. The number of nitrogens with zero attached hydrogens (tertiary/aromatic N) is 3. The zero-order valence-electron chi connectivity index (χ0n) is 17.0. The minimum atomic E-state index is -1.11. The molecule has 2 heterocycles. The first kappa shape index (κ1) is 20.6. The van der Waals surface area contributed by atoms with Crippen LogP contribution in [0.2, 0.25) is 0 Å². The number of aryl methyl sites for hydroxylation is 2. The second kappa shape index (κ2) is 7.35. The van der Waals surface area contributed by atoms with Crippen LogP contribution in [-0.4, -0.2) is 26.1 Å². The zero-order chi connectivity index (χ0) is 21.5. The van der Waals surface area contributed by atoms with Crippen LogP contribution in [-0.2, 0) is 6.61 Å². The molecule has 0 bridgehead atoms. The van der Waals surface area contributed by atoms with Crippen LogP contribution in [0, 0.1) is 25.5 Å². The van der Waals surface area contributed by atoms with Gasteiger partial charge in [0.2, 0.25) is 0 Å². The molecule has 1 amide bonds. The third-order valence-electron chi connectivity index (χ3n) is 4.47. The van der Waals surface area contributed by atoms with Crippen LogP contribution in [0.1, 0.15) is 37.6 Å². The number of amides is 1. The molecule has 0 atom stereocenters. The molecule has 0 radical (unpaired) electrons. The molecule has 0 saturated carbocycles. The number of pyridine rings is 1. The normalized spacial score (nSPS) is 11.7. The topological polar surface area (TPSA) is 67.1 Å². The van der Waals surface area contributed by atoms with Gasteiger partial charge < -0.3 is 9.84 Å². The maximum Gasteiger partial charge on any atom is 0.413 e. The molecule has 0 saturated heterocycles. The van der Waals surface area contributed by atoms with E-state index in [0.29, 0.717) is 22.9 Å². The number of hydrogen-bond donors (Lipinski definition) is 1. The van der Waals surface area contributed by atoms with Gasteiger partial charge in [-0.15, -0.1) is 0 Å². The maximum atomic E-state index is 13.9. The van der Waals surface area contributed by atoms with Crippen LogP contribution < -0.4 is 9.64 Å². The summed E-state index contributed by atoms with van der Waals surface area (Å²) >= 11 is 0. The second-order valence-corrected chi connectivity index (χ2v) is 7.87. The van der Waals surface area contributed by atoms with Gasteiger partial charge in [-0.25, -0.2) is 18.6 Å². The molecule has 1 aromatic carbocycles. The fourth-order valence-corrected chi connectivity index (χ4v) is 3.24. The summed E-state index contributed by atoms with van der Waals surface area (Å²) in [6.07, 6.45) is 0.642. The lowest BCUT2D eigenvalue weighted by Gasteiger charge is -2.33. The molecule has 3 rings (SSSR count). The molecule has 0 unspecified atom stereocenters. The summed E-state index contributed by atoms with van der Waals surface area (Å²) in [6.45, 7) is 8.56. The van der Waals surface area contributed by atoms with Gasteiger partial charge in [0.15, 0.2) is 11.4 Å².